The van der Waals surface area contributed by atoms with Gasteiger partial charge in [-0.05, 0) is 31.4 Å². The fourth-order valence-electron chi connectivity index (χ4n) is 2.43. The Bertz CT molecular complexity index is 478. The van der Waals surface area contributed by atoms with Gasteiger partial charge in [0.05, 0.1) is 22.9 Å². The highest BCUT2D eigenvalue weighted by molar-refractivity contribution is 7.22. The molecule has 0 aliphatic carbocycles. The van der Waals surface area contributed by atoms with Crippen LogP contribution in [0.15, 0.2) is 24.3 Å². The molecule has 0 spiro atoms. The number of benzene rings is 1. The Morgan fingerprint density at radius 2 is 2.24 bits per heavy atom. The molecule has 1 aromatic carbocycles. The van der Waals surface area contributed by atoms with E-state index in [0.29, 0.717) is 0 Å². The number of fused-ring (bicyclic) bond motifs is 1. The maximum atomic E-state index is 9.43. The molecule has 3 nitrogen and oxygen atoms in total. The van der Waals surface area contributed by atoms with Gasteiger partial charge in [0.15, 0.2) is 5.13 Å². The number of nitrogens with zero attached hydrogens (tertiary/aromatic N) is 2. The lowest BCUT2D eigenvalue weighted by atomic mass is 10.0. The fourth-order valence-corrected chi connectivity index (χ4v) is 3.49. The van der Waals surface area contributed by atoms with Gasteiger partial charge < -0.3 is 10.0 Å². The molecule has 1 fully saturated rings. The number of aromatic nitrogens is 1. The molecule has 4 heteroatoms. The molecule has 1 saturated heterocycles. The molecule has 1 atom stereocenters. The van der Waals surface area contributed by atoms with Gasteiger partial charge in [-0.2, -0.15) is 0 Å². The number of piperidine rings is 1. The number of rotatable bonds is 2. The van der Waals surface area contributed by atoms with Gasteiger partial charge in [0.1, 0.15) is 0 Å². The summed E-state index contributed by atoms with van der Waals surface area (Å²) < 4.78 is 1.23. The van der Waals surface area contributed by atoms with Crippen molar-refractivity contribution >= 4 is 26.7 Å². The summed E-state index contributed by atoms with van der Waals surface area (Å²) in [4.78, 5) is 6.94. The topological polar surface area (TPSA) is 36.4 Å². The molecule has 0 bridgehead atoms. The first-order valence-corrected chi connectivity index (χ1v) is 6.93. The second-order valence-corrected chi connectivity index (χ2v) is 5.50. The minimum absolute atomic E-state index is 0.232. The standard InChI is InChI=1S/C13H16N2OS/c16-9-10-5-3-4-8-15(10)13-14-11-6-1-2-7-12(11)17-13/h1-2,6-7,10,16H,3-5,8-9H2. The summed E-state index contributed by atoms with van der Waals surface area (Å²) in [6.45, 7) is 1.25. The third kappa shape index (κ3) is 2.03. The summed E-state index contributed by atoms with van der Waals surface area (Å²) in [7, 11) is 0. The molecule has 0 amide bonds. The summed E-state index contributed by atoms with van der Waals surface area (Å²) in [6, 6.07) is 8.47. The van der Waals surface area contributed by atoms with E-state index in [1.807, 2.05) is 18.2 Å². The van der Waals surface area contributed by atoms with Crippen LogP contribution in [0.4, 0.5) is 5.13 Å². The van der Waals surface area contributed by atoms with Crippen molar-refractivity contribution in [3.05, 3.63) is 24.3 Å². The van der Waals surface area contributed by atoms with Gasteiger partial charge in [0.25, 0.3) is 0 Å². The zero-order valence-electron chi connectivity index (χ0n) is 9.67. The second-order valence-electron chi connectivity index (χ2n) is 4.49. The van der Waals surface area contributed by atoms with E-state index in [1.54, 1.807) is 11.3 Å². The van der Waals surface area contributed by atoms with Gasteiger partial charge in [-0.3, -0.25) is 0 Å². The average molecular weight is 248 g/mol. The van der Waals surface area contributed by atoms with Gasteiger partial charge in [0, 0.05) is 6.54 Å². The Morgan fingerprint density at radius 3 is 3.06 bits per heavy atom. The van der Waals surface area contributed by atoms with Crippen molar-refractivity contribution in [2.24, 2.45) is 0 Å². The van der Waals surface area contributed by atoms with Crippen molar-refractivity contribution in [3.8, 4) is 0 Å². The Hall–Kier alpha value is -1.13. The van der Waals surface area contributed by atoms with Crippen LogP contribution in [0.5, 0.6) is 0 Å². The number of hydrogen-bond donors (Lipinski definition) is 1. The van der Waals surface area contributed by atoms with Crippen LogP contribution >= 0.6 is 11.3 Å². The smallest absolute Gasteiger partial charge is 0.186 e. The van der Waals surface area contributed by atoms with Crippen molar-refractivity contribution in [1.29, 1.82) is 0 Å². The van der Waals surface area contributed by atoms with Gasteiger partial charge in [-0.25, -0.2) is 4.98 Å². The lowest BCUT2D eigenvalue weighted by Crippen LogP contribution is -2.41. The minimum atomic E-state index is 0.232. The van der Waals surface area contributed by atoms with E-state index in [0.717, 1.165) is 23.6 Å². The van der Waals surface area contributed by atoms with Crippen molar-refractivity contribution in [3.63, 3.8) is 0 Å². The first-order valence-electron chi connectivity index (χ1n) is 6.11. The monoisotopic (exact) mass is 248 g/mol. The molecule has 0 saturated carbocycles. The molecule has 1 aliphatic heterocycles. The fraction of sp³-hybridized carbons (Fsp3) is 0.462. The zero-order chi connectivity index (χ0) is 11.7. The van der Waals surface area contributed by atoms with Gasteiger partial charge in [0.2, 0.25) is 0 Å². The van der Waals surface area contributed by atoms with Crippen LogP contribution < -0.4 is 4.90 Å². The van der Waals surface area contributed by atoms with Crippen LogP contribution in [0.3, 0.4) is 0 Å². The molecule has 17 heavy (non-hydrogen) atoms. The Morgan fingerprint density at radius 1 is 1.35 bits per heavy atom. The number of thiazole rings is 1. The van der Waals surface area contributed by atoms with Crippen LogP contribution in [-0.2, 0) is 0 Å². The predicted molar refractivity (Wildman–Crippen MR) is 71.7 cm³/mol. The van der Waals surface area contributed by atoms with Crippen LogP contribution in [0.1, 0.15) is 19.3 Å². The first-order chi connectivity index (χ1) is 8.38. The van der Waals surface area contributed by atoms with Crippen molar-refractivity contribution in [2.75, 3.05) is 18.1 Å². The maximum Gasteiger partial charge on any atom is 0.186 e. The molecular weight excluding hydrogens is 232 g/mol. The van der Waals surface area contributed by atoms with E-state index in [9.17, 15) is 5.11 Å². The van der Waals surface area contributed by atoms with Gasteiger partial charge in [-0.15, -0.1) is 0 Å². The van der Waals surface area contributed by atoms with E-state index >= 15 is 0 Å². The number of hydrogen-bond acceptors (Lipinski definition) is 4. The third-order valence-electron chi connectivity index (χ3n) is 3.37. The lowest BCUT2D eigenvalue weighted by molar-refractivity contribution is 0.240. The highest BCUT2D eigenvalue weighted by Gasteiger charge is 2.24. The van der Waals surface area contributed by atoms with Crippen LogP contribution in [0.25, 0.3) is 10.2 Å². The van der Waals surface area contributed by atoms with Crippen molar-refractivity contribution < 1.29 is 5.11 Å². The van der Waals surface area contributed by atoms with E-state index in [-0.39, 0.29) is 12.6 Å². The molecule has 1 aliphatic rings. The number of aliphatic hydroxyl groups excluding tert-OH is 1. The molecule has 2 aromatic rings. The van der Waals surface area contributed by atoms with Crippen LogP contribution in [0.2, 0.25) is 0 Å². The predicted octanol–water partition coefficient (Wildman–Crippen LogP) is 2.65. The largest absolute Gasteiger partial charge is 0.394 e. The highest BCUT2D eigenvalue weighted by Crippen LogP contribution is 2.32. The van der Waals surface area contributed by atoms with Crippen LogP contribution in [-0.4, -0.2) is 29.3 Å². The Balaban J connectivity index is 1.96. The normalized spacial score (nSPS) is 21.0. The molecule has 1 N–H and O–H groups in total. The molecule has 0 radical (unpaired) electrons. The zero-order valence-corrected chi connectivity index (χ0v) is 10.5. The van der Waals surface area contributed by atoms with E-state index in [2.05, 4.69) is 16.0 Å². The minimum Gasteiger partial charge on any atom is -0.394 e. The van der Waals surface area contributed by atoms with E-state index in [1.165, 1.54) is 17.5 Å². The summed E-state index contributed by atoms with van der Waals surface area (Å²) in [6.07, 6.45) is 3.49. The van der Waals surface area contributed by atoms with Crippen LogP contribution in [0, 0.1) is 0 Å². The molecule has 90 valence electrons. The molecular formula is C13H16N2OS. The average Bonchev–Trinajstić information content (AvgIpc) is 2.82. The number of para-hydroxylation sites is 1. The number of anilines is 1. The SMILES string of the molecule is OCC1CCCCN1c1nc2ccccc2s1. The lowest BCUT2D eigenvalue weighted by Gasteiger charge is -2.34. The Labute approximate surface area is 105 Å². The molecule has 2 heterocycles. The van der Waals surface area contributed by atoms with Gasteiger partial charge >= 0.3 is 0 Å². The van der Waals surface area contributed by atoms with Crippen molar-refractivity contribution in [1.82, 2.24) is 4.98 Å². The summed E-state index contributed by atoms with van der Waals surface area (Å²) in [5, 5.41) is 10.5. The first kappa shape index (κ1) is 11.0. The summed E-state index contributed by atoms with van der Waals surface area (Å²) in [5.74, 6) is 0. The molecule has 3 rings (SSSR count). The maximum absolute atomic E-state index is 9.43. The second kappa shape index (κ2) is 4.63. The summed E-state index contributed by atoms with van der Waals surface area (Å²) >= 11 is 1.73. The summed E-state index contributed by atoms with van der Waals surface area (Å²) in [5.41, 5.74) is 1.06. The van der Waals surface area contributed by atoms with E-state index in [4.69, 9.17) is 0 Å². The molecule has 1 aromatic heterocycles. The highest BCUT2D eigenvalue weighted by atomic mass is 32.1. The van der Waals surface area contributed by atoms with Crippen molar-refractivity contribution in [2.45, 2.75) is 25.3 Å². The molecule has 1 unspecified atom stereocenters. The van der Waals surface area contributed by atoms with Gasteiger partial charge in [-0.1, -0.05) is 23.5 Å². The Kier molecular flexibility index (Phi) is 2.99. The third-order valence-corrected chi connectivity index (χ3v) is 4.44. The van der Waals surface area contributed by atoms with E-state index < -0.39 is 0 Å². The number of aliphatic hydroxyl groups is 1. The quantitative estimate of drug-likeness (QED) is 0.887.